The molecular weight excluding hydrogens is 242 g/mol. The Hall–Kier alpha value is -0.660. The zero-order valence-corrected chi connectivity index (χ0v) is 10.8. The lowest BCUT2D eigenvalue weighted by Gasteiger charge is -2.18. The Balaban J connectivity index is 2.30. The van der Waals surface area contributed by atoms with E-state index in [2.05, 4.69) is 10.2 Å². The van der Waals surface area contributed by atoms with Crippen molar-refractivity contribution in [2.75, 3.05) is 44.2 Å². The van der Waals surface area contributed by atoms with Gasteiger partial charge in [-0.05, 0) is 19.5 Å². The van der Waals surface area contributed by atoms with Gasteiger partial charge in [-0.1, -0.05) is 0 Å². The molecule has 17 heavy (non-hydrogen) atoms. The SMILES string of the molecule is NC(=O)CCS(=O)(=O)CCN1CCCNCC1. The molecule has 0 saturated carbocycles. The van der Waals surface area contributed by atoms with Gasteiger partial charge in [0, 0.05) is 26.1 Å². The number of carbonyl (C=O) groups excluding carboxylic acids is 1. The van der Waals surface area contributed by atoms with Crippen LogP contribution in [0.4, 0.5) is 0 Å². The molecule has 1 heterocycles. The Labute approximate surface area is 102 Å². The average molecular weight is 263 g/mol. The van der Waals surface area contributed by atoms with Crippen LogP contribution in [0.2, 0.25) is 0 Å². The van der Waals surface area contributed by atoms with Crippen LogP contribution in [-0.2, 0) is 14.6 Å². The van der Waals surface area contributed by atoms with Crippen LogP contribution in [0.1, 0.15) is 12.8 Å². The number of primary amides is 1. The van der Waals surface area contributed by atoms with Gasteiger partial charge in [0.1, 0.15) is 0 Å². The van der Waals surface area contributed by atoms with Crippen LogP contribution >= 0.6 is 0 Å². The number of sulfone groups is 1. The minimum atomic E-state index is -3.15. The molecule has 3 N–H and O–H groups in total. The summed E-state index contributed by atoms with van der Waals surface area (Å²) in [6.07, 6.45) is 0.964. The van der Waals surface area contributed by atoms with Gasteiger partial charge in [0.2, 0.25) is 5.91 Å². The van der Waals surface area contributed by atoms with E-state index in [1.54, 1.807) is 0 Å². The number of nitrogens with two attached hydrogens (primary N) is 1. The number of amides is 1. The van der Waals surface area contributed by atoms with Crippen LogP contribution < -0.4 is 11.1 Å². The van der Waals surface area contributed by atoms with E-state index in [-0.39, 0.29) is 17.9 Å². The standard InChI is InChI=1S/C10H21N3O3S/c11-10(14)2-8-17(15,16)9-7-13-5-1-3-12-4-6-13/h12H,1-9H2,(H2,11,14). The summed E-state index contributed by atoms with van der Waals surface area (Å²) in [7, 11) is -3.15. The van der Waals surface area contributed by atoms with Crippen molar-refractivity contribution in [2.24, 2.45) is 5.73 Å². The van der Waals surface area contributed by atoms with Crippen LogP contribution in [0.25, 0.3) is 0 Å². The Morgan fingerprint density at radius 1 is 1.24 bits per heavy atom. The highest BCUT2D eigenvalue weighted by Gasteiger charge is 2.15. The lowest BCUT2D eigenvalue weighted by Crippen LogP contribution is -2.33. The molecule has 6 nitrogen and oxygen atoms in total. The third-order valence-electron chi connectivity index (χ3n) is 2.81. The summed E-state index contributed by atoms with van der Waals surface area (Å²) in [5, 5.41) is 3.26. The molecule has 1 rings (SSSR count). The second-order valence-corrected chi connectivity index (χ2v) is 6.62. The fourth-order valence-corrected chi connectivity index (χ4v) is 3.00. The van der Waals surface area contributed by atoms with Crippen molar-refractivity contribution in [1.29, 1.82) is 0 Å². The fourth-order valence-electron chi connectivity index (χ4n) is 1.75. The molecule has 0 bridgehead atoms. The van der Waals surface area contributed by atoms with Crippen molar-refractivity contribution in [2.45, 2.75) is 12.8 Å². The summed E-state index contributed by atoms with van der Waals surface area (Å²) in [5.41, 5.74) is 4.94. The van der Waals surface area contributed by atoms with Crippen molar-refractivity contribution in [1.82, 2.24) is 10.2 Å². The van der Waals surface area contributed by atoms with Crippen LogP contribution in [-0.4, -0.2) is 63.5 Å². The predicted molar refractivity (Wildman–Crippen MR) is 66.4 cm³/mol. The molecule has 0 unspecified atom stereocenters. The van der Waals surface area contributed by atoms with E-state index >= 15 is 0 Å². The Morgan fingerprint density at radius 2 is 2.00 bits per heavy atom. The molecule has 0 aromatic heterocycles. The number of nitrogens with one attached hydrogen (secondary N) is 1. The summed E-state index contributed by atoms with van der Waals surface area (Å²) in [5.74, 6) is -0.582. The monoisotopic (exact) mass is 263 g/mol. The van der Waals surface area contributed by atoms with Gasteiger partial charge in [-0.25, -0.2) is 8.42 Å². The molecule has 0 aliphatic carbocycles. The number of carbonyl (C=O) groups is 1. The largest absolute Gasteiger partial charge is 0.370 e. The number of rotatable bonds is 6. The molecule has 0 atom stereocenters. The van der Waals surface area contributed by atoms with Gasteiger partial charge < -0.3 is 16.0 Å². The molecule has 0 aromatic carbocycles. The molecule has 1 aliphatic heterocycles. The van der Waals surface area contributed by atoms with Gasteiger partial charge in [0.15, 0.2) is 9.84 Å². The van der Waals surface area contributed by atoms with Crippen LogP contribution in [0.5, 0.6) is 0 Å². The van der Waals surface area contributed by atoms with Crippen molar-refractivity contribution in [3.63, 3.8) is 0 Å². The first-order chi connectivity index (χ1) is 7.99. The number of hydrogen-bond donors (Lipinski definition) is 2. The molecule has 1 fully saturated rings. The highest BCUT2D eigenvalue weighted by atomic mass is 32.2. The molecule has 1 amide bonds. The van der Waals surface area contributed by atoms with Crippen LogP contribution in [0.15, 0.2) is 0 Å². The predicted octanol–water partition coefficient (Wildman–Crippen LogP) is -1.43. The lowest BCUT2D eigenvalue weighted by atomic mass is 10.4. The van der Waals surface area contributed by atoms with Crippen molar-refractivity contribution in [3.05, 3.63) is 0 Å². The average Bonchev–Trinajstić information content (AvgIpc) is 2.52. The Kier molecular flexibility index (Phi) is 5.87. The van der Waals surface area contributed by atoms with Crippen molar-refractivity contribution < 1.29 is 13.2 Å². The second kappa shape index (κ2) is 6.93. The van der Waals surface area contributed by atoms with E-state index in [1.165, 1.54) is 0 Å². The molecule has 0 aromatic rings. The van der Waals surface area contributed by atoms with Gasteiger partial charge in [0.25, 0.3) is 0 Å². The van der Waals surface area contributed by atoms with E-state index in [0.717, 1.165) is 32.6 Å². The molecule has 100 valence electrons. The quantitative estimate of drug-likeness (QED) is 0.613. The lowest BCUT2D eigenvalue weighted by molar-refractivity contribution is -0.117. The summed E-state index contributed by atoms with van der Waals surface area (Å²) in [6.45, 7) is 4.25. The fraction of sp³-hybridized carbons (Fsp3) is 0.900. The van der Waals surface area contributed by atoms with Crippen LogP contribution in [0, 0.1) is 0 Å². The second-order valence-electron chi connectivity index (χ2n) is 4.31. The first kappa shape index (κ1) is 14.4. The van der Waals surface area contributed by atoms with Gasteiger partial charge in [0.05, 0.1) is 11.5 Å². The summed E-state index contributed by atoms with van der Waals surface area (Å²) in [4.78, 5) is 12.7. The summed E-state index contributed by atoms with van der Waals surface area (Å²) >= 11 is 0. The summed E-state index contributed by atoms with van der Waals surface area (Å²) < 4.78 is 23.2. The maximum absolute atomic E-state index is 11.6. The van der Waals surface area contributed by atoms with E-state index < -0.39 is 15.7 Å². The van der Waals surface area contributed by atoms with E-state index in [1.807, 2.05) is 0 Å². The number of nitrogens with zero attached hydrogens (tertiary/aromatic N) is 1. The highest BCUT2D eigenvalue weighted by Crippen LogP contribution is 1.99. The zero-order chi connectivity index (χ0) is 12.7. The topological polar surface area (TPSA) is 92.5 Å². The Morgan fingerprint density at radius 3 is 2.71 bits per heavy atom. The first-order valence-corrected chi connectivity index (χ1v) is 7.73. The van der Waals surface area contributed by atoms with Gasteiger partial charge in [-0.15, -0.1) is 0 Å². The molecular formula is C10H21N3O3S. The Bertz CT molecular complexity index is 335. The molecule has 1 aliphatic rings. The zero-order valence-electron chi connectivity index (χ0n) is 10.0. The van der Waals surface area contributed by atoms with Gasteiger partial charge in [-0.3, -0.25) is 4.79 Å². The first-order valence-electron chi connectivity index (χ1n) is 5.91. The van der Waals surface area contributed by atoms with Gasteiger partial charge in [-0.2, -0.15) is 0 Å². The van der Waals surface area contributed by atoms with Crippen LogP contribution in [0.3, 0.4) is 0 Å². The van der Waals surface area contributed by atoms with E-state index in [9.17, 15) is 13.2 Å². The van der Waals surface area contributed by atoms with Gasteiger partial charge >= 0.3 is 0 Å². The third-order valence-corrected chi connectivity index (χ3v) is 4.44. The minimum Gasteiger partial charge on any atom is -0.370 e. The molecule has 0 radical (unpaired) electrons. The third kappa shape index (κ3) is 6.60. The summed E-state index contributed by atoms with van der Waals surface area (Å²) in [6, 6.07) is 0. The molecule has 1 saturated heterocycles. The normalized spacial score (nSPS) is 18.8. The number of hydrogen-bond acceptors (Lipinski definition) is 5. The molecule has 0 spiro atoms. The van der Waals surface area contributed by atoms with Crippen molar-refractivity contribution >= 4 is 15.7 Å². The maximum Gasteiger partial charge on any atom is 0.218 e. The highest BCUT2D eigenvalue weighted by molar-refractivity contribution is 7.91. The smallest absolute Gasteiger partial charge is 0.218 e. The minimum absolute atomic E-state index is 0.0795. The van der Waals surface area contributed by atoms with E-state index in [0.29, 0.717) is 6.54 Å². The van der Waals surface area contributed by atoms with E-state index in [4.69, 9.17) is 5.73 Å². The molecule has 7 heteroatoms. The van der Waals surface area contributed by atoms with Crippen molar-refractivity contribution in [3.8, 4) is 0 Å². The maximum atomic E-state index is 11.6.